The van der Waals surface area contributed by atoms with Gasteiger partial charge in [-0.05, 0) is 80.6 Å². The molecule has 4 fully saturated rings. The molecular weight excluding hydrogens is 352 g/mol. The zero-order chi connectivity index (χ0) is 19.7. The quantitative estimate of drug-likeness (QED) is 0.727. The van der Waals surface area contributed by atoms with Gasteiger partial charge in [-0.25, -0.2) is 0 Å². The van der Waals surface area contributed by atoms with Crippen molar-refractivity contribution in [1.82, 2.24) is 0 Å². The lowest BCUT2D eigenvalue weighted by atomic mass is 9.47. The van der Waals surface area contributed by atoms with Crippen LogP contribution in [0.25, 0.3) is 0 Å². The summed E-state index contributed by atoms with van der Waals surface area (Å²) in [5, 5.41) is 10.2. The molecule has 0 aromatic heterocycles. The van der Waals surface area contributed by atoms with Crippen molar-refractivity contribution in [1.29, 1.82) is 0 Å². The number of ether oxygens (including phenoxy) is 1. The van der Waals surface area contributed by atoms with Gasteiger partial charge in [-0.15, -0.1) is 0 Å². The lowest BCUT2D eigenvalue weighted by Gasteiger charge is -2.58. The van der Waals surface area contributed by atoms with E-state index in [1.54, 1.807) is 0 Å². The Bertz CT molecular complexity index is 726. The van der Waals surface area contributed by atoms with Crippen LogP contribution >= 0.6 is 0 Å². The Hall–Kier alpha value is -1.16. The molecule has 1 saturated heterocycles. The van der Waals surface area contributed by atoms with E-state index >= 15 is 0 Å². The minimum absolute atomic E-state index is 0.00399. The lowest BCUT2D eigenvalue weighted by Crippen LogP contribution is -2.55. The van der Waals surface area contributed by atoms with Crippen LogP contribution in [0.15, 0.2) is 11.6 Å². The van der Waals surface area contributed by atoms with Gasteiger partial charge >= 0.3 is 5.97 Å². The molecule has 1 heterocycles. The number of hydrogen-bond donors (Lipinski definition) is 1. The van der Waals surface area contributed by atoms with Crippen molar-refractivity contribution in [2.45, 2.75) is 77.2 Å². The van der Waals surface area contributed by atoms with Gasteiger partial charge in [0.15, 0.2) is 5.78 Å². The number of ketones is 1. The topological polar surface area (TPSA) is 63.6 Å². The highest BCUT2D eigenvalue weighted by Crippen LogP contribution is 2.70. The third-order valence-electron chi connectivity index (χ3n) is 9.64. The van der Waals surface area contributed by atoms with Crippen LogP contribution in [0.2, 0.25) is 0 Å². The number of esters is 1. The summed E-state index contributed by atoms with van der Waals surface area (Å²) in [7, 11) is 0. The second kappa shape index (κ2) is 6.42. The molecule has 0 aromatic rings. The molecule has 5 aliphatic rings. The maximum atomic E-state index is 12.1. The highest BCUT2D eigenvalue weighted by atomic mass is 16.6. The molecule has 4 heteroatoms. The van der Waals surface area contributed by atoms with Crippen molar-refractivity contribution >= 4 is 11.8 Å². The van der Waals surface area contributed by atoms with Crippen molar-refractivity contribution in [2.24, 2.45) is 40.9 Å². The van der Waals surface area contributed by atoms with Crippen LogP contribution in [0, 0.1) is 40.9 Å². The van der Waals surface area contributed by atoms with E-state index in [0.29, 0.717) is 42.4 Å². The summed E-state index contributed by atoms with van der Waals surface area (Å²) in [4.78, 5) is 24.2. The molecule has 1 aliphatic heterocycles. The van der Waals surface area contributed by atoms with E-state index in [-0.39, 0.29) is 35.3 Å². The number of carbonyl (C=O) groups excluding carboxylic acids is 2. The largest absolute Gasteiger partial charge is 0.458 e. The number of aliphatic hydroxyl groups excluding tert-OH is 1. The maximum absolute atomic E-state index is 12.1. The van der Waals surface area contributed by atoms with Gasteiger partial charge in [0, 0.05) is 30.8 Å². The summed E-state index contributed by atoms with van der Waals surface area (Å²) in [6.07, 6.45) is 10.4. The van der Waals surface area contributed by atoms with E-state index < -0.39 is 0 Å². The van der Waals surface area contributed by atoms with E-state index in [2.05, 4.69) is 13.8 Å². The minimum Gasteiger partial charge on any atom is -0.458 e. The predicted octanol–water partition coefficient (Wildman–Crippen LogP) is 4.06. The number of fused-ring (bicyclic) bond motifs is 6. The summed E-state index contributed by atoms with van der Waals surface area (Å²) in [6.45, 7) is 4.83. The van der Waals surface area contributed by atoms with Gasteiger partial charge < -0.3 is 9.84 Å². The van der Waals surface area contributed by atoms with Gasteiger partial charge in [-0.1, -0.05) is 19.4 Å². The van der Waals surface area contributed by atoms with Gasteiger partial charge in [-0.3, -0.25) is 9.59 Å². The van der Waals surface area contributed by atoms with Crippen LogP contribution < -0.4 is 0 Å². The van der Waals surface area contributed by atoms with Crippen LogP contribution in [-0.4, -0.2) is 29.1 Å². The maximum Gasteiger partial charge on any atom is 0.306 e. The fourth-order valence-electron chi connectivity index (χ4n) is 8.86. The van der Waals surface area contributed by atoms with E-state index in [0.717, 1.165) is 38.5 Å². The molecule has 4 aliphatic carbocycles. The molecular formula is C24H34O4. The highest BCUT2D eigenvalue weighted by molar-refractivity contribution is 5.91. The zero-order valence-corrected chi connectivity index (χ0v) is 17.3. The van der Waals surface area contributed by atoms with Crippen molar-refractivity contribution in [3.63, 3.8) is 0 Å². The van der Waals surface area contributed by atoms with Crippen LogP contribution in [0.4, 0.5) is 0 Å². The van der Waals surface area contributed by atoms with Gasteiger partial charge in [0.25, 0.3) is 0 Å². The first-order valence-electron chi connectivity index (χ1n) is 11.5. The van der Waals surface area contributed by atoms with Crippen LogP contribution in [0.1, 0.15) is 71.6 Å². The molecule has 0 radical (unpaired) electrons. The van der Waals surface area contributed by atoms with Crippen LogP contribution in [-0.2, 0) is 14.3 Å². The van der Waals surface area contributed by atoms with E-state index in [9.17, 15) is 14.7 Å². The second-order valence-corrected chi connectivity index (χ2v) is 10.4. The summed E-state index contributed by atoms with van der Waals surface area (Å²) < 4.78 is 6.15. The van der Waals surface area contributed by atoms with Gasteiger partial charge in [0.2, 0.25) is 0 Å². The van der Waals surface area contributed by atoms with Crippen molar-refractivity contribution in [3.8, 4) is 0 Å². The monoisotopic (exact) mass is 386 g/mol. The summed E-state index contributed by atoms with van der Waals surface area (Å²) in [5.41, 5.74) is 1.10. The van der Waals surface area contributed by atoms with E-state index in [1.807, 2.05) is 6.08 Å². The zero-order valence-electron chi connectivity index (χ0n) is 17.3. The normalized spacial score (nSPS) is 50.0. The smallest absolute Gasteiger partial charge is 0.306 e. The molecule has 154 valence electrons. The van der Waals surface area contributed by atoms with E-state index in [4.69, 9.17) is 4.74 Å². The van der Waals surface area contributed by atoms with Gasteiger partial charge in [0.1, 0.15) is 5.60 Å². The van der Waals surface area contributed by atoms with Gasteiger partial charge in [0.05, 0.1) is 0 Å². The summed E-state index contributed by atoms with van der Waals surface area (Å²) in [5.74, 6) is 3.17. The number of rotatable bonds is 2. The van der Waals surface area contributed by atoms with Crippen LogP contribution in [0.5, 0.6) is 0 Å². The highest BCUT2D eigenvalue weighted by Gasteiger charge is 2.69. The summed E-state index contributed by atoms with van der Waals surface area (Å²) in [6, 6.07) is 0. The Kier molecular flexibility index (Phi) is 4.32. The number of aliphatic hydroxyl groups is 1. The van der Waals surface area contributed by atoms with Crippen molar-refractivity contribution in [2.75, 3.05) is 6.61 Å². The molecule has 0 amide bonds. The molecule has 7 unspecified atom stereocenters. The minimum atomic E-state index is -0.249. The van der Waals surface area contributed by atoms with Crippen molar-refractivity contribution < 1.29 is 19.4 Å². The van der Waals surface area contributed by atoms with Crippen molar-refractivity contribution in [3.05, 3.63) is 11.6 Å². The summed E-state index contributed by atoms with van der Waals surface area (Å²) >= 11 is 0. The molecule has 0 bridgehead atoms. The molecule has 1 N–H and O–H groups in total. The molecule has 28 heavy (non-hydrogen) atoms. The molecule has 3 saturated carbocycles. The molecule has 4 nitrogen and oxygen atoms in total. The molecule has 5 rings (SSSR count). The SMILES string of the molecule is CCC12CCC3C4CCC(=O)C=C4C(CO)CC3C1[C@@H](C)CC21CCC(=O)O1. The Labute approximate surface area is 168 Å². The average molecular weight is 387 g/mol. The Morgan fingerprint density at radius 2 is 2.00 bits per heavy atom. The predicted molar refractivity (Wildman–Crippen MR) is 105 cm³/mol. The fraction of sp³-hybridized carbons (Fsp3) is 0.833. The third kappa shape index (κ3) is 2.33. The third-order valence-corrected chi connectivity index (χ3v) is 9.64. The molecule has 8 atom stereocenters. The number of hydrogen-bond acceptors (Lipinski definition) is 4. The second-order valence-electron chi connectivity index (χ2n) is 10.4. The fourth-order valence-corrected chi connectivity index (χ4v) is 8.86. The Balaban J connectivity index is 1.55. The lowest BCUT2D eigenvalue weighted by molar-refractivity contribution is -0.171. The first kappa shape index (κ1) is 18.8. The van der Waals surface area contributed by atoms with Crippen LogP contribution in [0.3, 0.4) is 0 Å². The first-order valence-corrected chi connectivity index (χ1v) is 11.5. The standard InChI is InChI=1S/C24H34O4/c1-3-23-8-6-18-17-5-4-16(26)11-19(17)15(13-25)10-20(18)22(23)14(2)12-24(23)9-7-21(27)28-24/h11,14-15,17-18,20,22,25H,3-10,12-13H2,1-2H3/t14-,15?,17?,18?,20?,22?,23?,24?/m0/s1. The number of carbonyl (C=O) groups is 2. The Morgan fingerprint density at radius 1 is 1.18 bits per heavy atom. The molecule has 0 aromatic carbocycles. The van der Waals surface area contributed by atoms with Gasteiger partial charge in [-0.2, -0.15) is 0 Å². The molecule has 1 spiro atoms. The Morgan fingerprint density at radius 3 is 2.68 bits per heavy atom. The van der Waals surface area contributed by atoms with E-state index in [1.165, 1.54) is 12.0 Å². The average Bonchev–Trinajstić information content (AvgIpc) is 3.18. The first-order chi connectivity index (χ1) is 13.4.